The van der Waals surface area contributed by atoms with Gasteiger partial charge in [0.25, 0.3) is 0 Å². The Bertz CT molecular complexity index is 899. The molecule has 0 fully saturated rings. The van der Waals surface area contributed by atoms with Gasteiger partial charge in [-0.1, -0.05) is 13.0 Å². The summed E-state index contributed by atoms with van der Waals surface area (Å²) in [5.41, 5.74) is 0.667. The van der Waals surface area contributed by atoms with E-state index in [-0.39, 0.29) is 29.7 Å². The van der Waals surface area contributed by atoms with Crippen molar-refractivity contribution in [2.75, 3.05) is 32.7 Å². The Morgan fingerprint density at radius 1 is 1.00 bits per heavy atom. The number of nitrogens with one attached hydrogen (secondary N) is 2. The molecule has 0 aliphatic carbocycles. The van der Waals surface area contributed by atoms with Crippen LogP contribution >= 0.6 is 0 Å². The topological polar surface area (TPSA) is 112 Å². The van der Waals surface area contributed by atoms with Gasteiger partial charge in [-0.25, -0.2) is 14.4 Å². The van der Waals surface area contributed by atoms with E-state index in [4.69, 9.17) is 14.2 Å². The van der Waals surface area contributed by atoms with Crippen LogP contribution in [0.4, 0.5) is 10.5 Å². The van der Waals surface area contributed by atoms with Gasteiger partial charge in [-0.15, -0.1) is 0 Å². The summed E-state index contributed by atoms with van der Waals surface area (Å²) in [7, 11) is 2.68. The molecule has 0 spiro atoms. The molecule has 0 saturated heterocycles. The number of anilines is 1. The van der Waals surface area contributed by atoms with Gasteiger partial charge in [0.05, 0.1) is 19.8 Å². The van der Waals surface area contributed by atoms with Crippen LogP contribution in [0.1, 0.15) is 23.7 Å². The van der Waals surface area contributed by atoms with E-state index in [0.29, 0.717) is 18.0 Å². The van der Waals surface area contributed by atoms with Crippen LogP contribution in [0.15, 0.2) is 42.5 Å². The molecule has 160 valence electrons. The van der Waals surface area contributed by atoms with Gasteiger partial charge >= 0.3 is 18.0 Å². The number of carbonyl (C=O) groups excluding carboxylic acids is 3. The van der Waals surface area contributed by atoms with Crippen molar-refractivity contribution in [3.8, 4) is 17.2 Å². The maximum absolute atomic E-state index is 12.5. The van der Waals surface area contributed by atoms with Gasteiger partial charge in [0.15, 0.2) is 18.1 Å². The molecule has 0 aliphatic rings. The Morgan fingerprint density at radius 2 is 1.80 bits per heavy atom. The summed E-state index contributed by atoms with van der Waals surface area (Å²) < 4.78 is 20.4. The number of hydrogen-bond acceptors (Lipinski definition) is 7. The van der Waals surface area contributed by atoms with Crippen molar-refractivity contribution in [1.82, 2.24) is 5.32 Å². The number of ether oxygens (including phenoxy) is 4. The molecule has 0 aromatic heterocycles. The van der Waals surface area contributed by atoms with Crippen molar-refractivity contribution in [2.45, 2.75) is 13.3 Å². The first-order chi connectivity index (χ1) is 14.5. The minimum atomic E-state index is -0.645. The second-order valence-electron chi connectivity index (χ2n) is 6.03. The van der Waals surface area contributed by atoms with Gasteiger partial charge in [-0.05, 0) is 36.8 Å². The van der Waals surface area contributed by atoms with Crippen LogP contribution in [0.25, 0.3) is 0 Å². The van der Waals surface area contributed by atoms with E-state index in [1.807, 2.05) is 6.92 Å². The van der Waals surface area contributed by atoms with Crippen molar-refractivity contribution >= 4 is 23.7 Å². The predicted octanol–water partition coefficient (Wildman–Crippen LogP) is 3.00. The highest BCUT2D eigenvalue weighted by Gasteiger charge is 2.15. The molecule has 0 unspecified atom stereocenters. The zero-order valence-corrected chi connectivity index (χ0v) is 17.0. The zero-order valence-electron chi connectivity index (χ0n) is 17.0. The number of hydrogen-bond donors (Lipinski definition) is 2. The molecule has 2 amide bonds. The van der Waals surface area contributed by atoms with E-state index in [2.05, 4.69) is 15.4 Å². The molecule has 9 nitrogen and oxygen atoms in total. The molecule has 2 aromatic carbocycles. The van der Waals surface area contributed by atoms with Crippen molar-refractivity contribution in [1.29, 1.82) is 0 Å². The van der Waals surface area contributed by atoms with Crippen molar-refractivity contribution in [3.63, 3.8) is 0 Å². The number of carbonyl (C=O) groups is 3. The maximum Gasteiger partial charge on any atom is 0.343 e. The Hall–Kier alpha value is -3.75. The number of benzene rings is 2. The molecule has 0 bridgehead atoms. The molecule has 0 heterocycles. The van der Waals surface area contributed by atoms with E-state index in [9.17, 15) is 14.4 Å². The number of amides is 2. The fourth-order valence-corrected chi connectivity index (χ4v) is 2.33. The molecule has 2 aromatic rings. The first-order valence-electron chi connectivity index (χ1n) is 9.21. The number of rotatable bonds is 9. The fourth-order valence-electron chi connectivity index (χ4n) is 2.33. The van der Waals surface area contributed by atoms with Gasteiger partial charge in [0, 0.05) is 18.3 Å². The molecule has 30 heavy (non-hydrogen) atoms. The highest BCUT2D eigenvalue weighted by atomic mass is 16.6. The molecule has 9 heteroatoms. The quantitative estimate of drug-likeness (QED) is 0.477. The van der Waals surface area contributed by atoms with Crippen LogP contribution in [-0.4, -0.2) is 45.3 Å². The largest absolute Gasteiger partial charge is 0.493 e. The van der Waals surface area contributed by atoms with Crippen molar-refractivity contribution in [3.05, 3.63) is 48.0 Å². The lowest BCUT2D eigenvalue weighted by atomic mass is 10.2. The number of methoxy groups -OCH3 is 2. The fraction of sp³-hybridized carbons (Fsp3) is 0.286. The molecule has 2 rings (SSSR count). The Balaban J connectivity index is 2.09. The van der Waals surface area contributed by atoms with E-state index >= 15 is 0 Å². The van der Waals surface area contributed by atoms with E-state index in [1.165, 1.54) is 38.5 Å². The van der Waals surface area contributed by atoms with Crippen molar-refractivity contribution in [2.24, 2.45) is 0 Å². The average Bonchev–Trinajstić information content (AvgIpc) is 2.75. The lowest BCUT2D eigenvalue weighted by molar-refractivity contribution is -0.142. The normalized spacial score (nSPS) is 9.97. The van der Waals surface area contributed by atoms with Gasteiger partial charge in [-0.2, -0.15) is 0 Å². The molecular weight excluding hydrogens is 392 g/mol. The van der Waals surface area contributed by atoms with Gasteiger partial charge < -0.3 is 29.6 Å². The van der Waals surface area contributed by atoms with Crippen molar-refractivity contribution < 1.29 is 33.3 Å². The summed E-state index contributed by atoms with van der Waals surface area (Å²) >= 11 is 0. The molecular formula is C21H24N2O7. The van der Waals surface area contributed by atoms with E-state index < -0.39 is 11.9 Å². The van der Waals surface area contributed by atoms with Crippen LogP contribution in [-0.2, 0) is 9.53 Å². The predicted molar refractivity (Wildman–Crippen MR) is 109 cm³/mol. The Labute approximate surface area is 174 Å². The summed E-state index contributed by atoms with van der Waals surface area (Å²) in [4.78, 5) is 35.6. The first-order valence-corrected chi connectivity index (χ1v) is 9.21. The third kappa shape index (κ3) is 6.69. The third-order valence-corrected chi connectivity index (χ3v) is 3.81. The number of esters is 2. The lowest BCUT2D eigenvalue weighted by Crippen LogP contribution is -2.29. The van der Waals surface area contributed by atoms with E-state index in [1.54, 1.807) is 18.2 Å². The smallest absolute Gasteiger partial charge is 0.343 e. The summed E-state index contributed by atoms with van der Waals surface area (Å²) in [6, 6.07) is 10.5. The monoisotopic (exact) mass is 416 g/mol. The molecule has 0 radical (unpaired) electrons. The lowest BCUT2D eigenvalue weighted by Gasteiger charge is -2.12. The van der Waals surface area contributed by atoms with Crippen LogP contribution in [0.5, 0.6) is 17.2 Å². The summed E-state index contributed by atoms with van der Waals surface area (Å²) in [6.45, 7) is 2.17. The standard InChI is InChI=1S/C21H24N2O7/c1-4-10-22-21(26)23-15-6-5-7-16(12-15)30-20(25)14-8-9-17(27-2)18(11-14)29-13-19(24)28-3/h5-9,11-12H,4,10,13H2,1-3H3,(H2,22,23,26). The Kier molecular flexibility index (Phi) is 8.49. The average molecular weight is 416 g/mol. The second kappa shape index (κ2) is 11.3. The van der Waals surface area contributed by atoms with Gasteiger partial charge in [0.1, 0.15) is 5.75 Å². The highest BCUT2D eigenvalue weighted by molar-refractivity contribution is 5.92. The molecule has 0 saturated carbocycles. The van der Waals surface area contributed by atoms with Gasteiger partial charge in [-0.3, -0.25) is 0 Å². The van der Waals surface area contributed by atoms with Crippen LogP contribution in [0.2, 0.25) is 0 Å². The minimum absolute atomic E-state index is 0.190. The summed E-state index contributed by atoms with van der Waals surface area (Å²) in [5, 5.41) is 5.36. The summed E-state index contributed by atoms with van der Waals surface area (Å²) in [6.07, 6.45) is 0.818. The zero-order chi connectivity index (χ0) is 21.9. The van der Waals surface area contributed by atoms with Crippen LogP contribution in [0, 0.1) is 0 Å². The van der Waals surface area contributed by atoms with Crippen LogP contribution in [0.3, 0.4) is 0 Å². The first kappa shape index (κ1) is 22.5. The van der Waals surface area contributed by atoms with Gasteiger partial charge in [0.2, 0.25) is 0 Å². The number of urea groups is 1. The van der Waals surface area contributed by atoms with E-state index in [0.717, 1.165) is 6.42 Å². The highest BCUT2D eigenvalue weighted by Crippen LogP contribution is 2.29. The minimum Gasteiger partial charge on any atom is -0.493 e. The molecule has 0 atom stereocenters. The molecule has 0 aliphatic heterocycles. The molecule has 2 N–H and O–H groups in total. The summed E-state index contributed by atoms with van der Waals surface area (Å²) in [5.74, 6) is -0.424. The van der Waals surface area contributed by atoms with Crippen LogP contribution < -0.4 is 24.8 Å². The SMILES string of the molecule is CCCNC(=O)Nc1cccc(OC(=O)c2ccc(OC)c(OCC(=O)OC)c2)c1. The third-order valence-electron chi connectivity index (χ3n) is 3.81. The maximum atomic E-state index is 12.5. The second-order valence-corrected chi connectivity index (χ2v) is 6.03. The Morgan fingerprint density at radius 3 is 2.50 bits per heavy atom.